The van der Waals surface area contributed by atoms with E-state index >= 15 is 0 Å². The highest BCUT2D eigenvalue weighted by Gasteiger charge is 2.23. The minimum atomic E-state index is 0.791. The molecule has 0 saturated carbocycles. The first-order valence-corrected chi connectivity index (χ1v) is 23.0. The predicted octanol–water partition coefficient (Wildman–Crippen LogP) is 17.1. The number of aromatic nitrogens is 3. The number of hydrogen-bond donors (Lipinski definition) is 0. The molecule has 0 amide bonds. The van der Waals surface area contributed by atoms with Crippen molar-refractivity contribution in [3.63, 3.8) is 0 Å². The zero-order valence-electron chi connectivity index (χ0n) is 36.4. The Kier molecular flexibility index (Phi) is 8.28. The monoisotopic (exact) mass is 849 g/mol. The van der Waals surface area contributed by atoms with Gasteiger partial charge in [0, 0.05) is 16.8 Å². The van der Waals surface area contributed by atoms with Crippen molar-refractivity contribution in [3.05, 3.63) is 237 Å². The fourth-order valence-corrected chi connectivity index (χ4v) is 10.7. The molecule has 14 rings (SSSR count). The van der Waals surface area contributed by atoms with Crippen molar-refractivity contribution in [2.45, 2.75) is 0 Å². The van der Waals surface area contributed by atoms with Crippen molar-refractivity contribution in [2.75, 3.05) is 0 Å². The molecule has 3 nitrogen and oxygen atoms in total. The summed E-state index contributed by atoms with van der Waals surface area (Å²) in [5.41, 5.74) is 10.2. The van der Waals surface area contributed by atoms with Gasteiger partial charge in [-0.2, -0.15) is 0 Å². The maximum absolute atomic E-state index is 4.93. The van der Waals surface area contributed by atoms with Crippen LogP contribution in [0.3, 0.4) is 0 Å². The van der Waals surface area contributed by atoms with E-state index in [1.165, 1.54) is 97.7 Å². The van der Waals surface area contributed by atoms with Gasteiger partial charge in [0.05, 0.1) is 0 Å². The summed E-state index contributed by atoms with van der Waals surface area (Å²) in [5.74, 6) is 1.59. The van der Waals surface area contributed by atoms with Crippen LogP contribution in [0.4, 0.5) is 0 Å². The molecule has 3 heteroatoms. The van der Waals surface area contributed by atoms with Crippen LogP contribution in [-0.2, 0) is 0 Å². The van der Waals surface area contributed by atoms with Gasteiger partial charge in [0.15, 0.2) is 11.6 Å². The summed E-state index contributed by atoms with van der Waals surface area (Å²) >= 11 is 0. The maximum Gasteiger partial charge on any atom is 0.168 e. The van der Waals surface area contributed by atoms with Gasteiger partial charge in [0.2, 0.25) is 0 Å². The summed E-state index contributed by atoms with van der Waals surface area (Å²) in [5, 5.41) is 27.1. The largest absolute Gasteiger partial charge is 0.275 e. The Morgan fingerprint density at radius 3 is 1.25 bits per heavy atom. The third-order valence-electron chi connectivity index (χ3n) is 14.0. The number of hydrogen-bond acceptors (Lipinski definition) is 2. The van der Waals surface area contributed by atoms with Crippen molar-refractivity contribution in [1.29, 1.82) is 0 Å². The number of nitrogens with zero attached hydrogens (tertiary/aromatic N) is 3. The molecule has 0 aliphatic rings. The van der Waals surface area contributed by atoms with E-state index in [0.29, 0.717) is 0 Å². The minimum absolute atomic E-state index is 0.791. The van der Waals surface area contributed by atoms with Gasteiger partial charge in [-0.05, 0) is 151 Å². The van der Waals surface area contributed by atoms with Gasteiger partial charge >= 0.3 is 0 Å². The molecule has 13 aromatic carbocycles. The maximum atomic E-state index is 4.93. The molecule has 0 fully saturated rings. The lowest BCUT2D eigenvalue weighted by molar-refractivity contribution is 1.08. The van der Waals surface area contributed by atoms with Crippen LogP contribution in [-0.4, -0.2) is 14.8 Å². The van der Waals surface area contributed by atoms with Gasteiger partial charge in [-0.1, -0.05) is 194 Å². The van der Waals surface area contributed by atoms with Gasteiger partial charge in [-0.15, -0.1) is 10.2 Å². The first-order chi connectivity index (χ1) is 33.2. The predicted molar refractivity (Wildman–Crippen MR) is 282 cm³/mol. The summed E-state index contributed by atoms with van der Waals surface area (Å²) in [4.78, 5) is 0. The van der Waals surface area contributed by atoms with E-state index in [1.54, 1.807) is 0 Å². The van der Waals surface area contributed by atoms with Crippen LogP contribution < -0.4 is 0 Å². The molecule has 0 saturated heterocycles. The van der Waals surface area contributed by atoms with Crippen LogP contribution in [0.5, 0.6) is 0 Å². The Morgan fingerprint density at radius 2 is 0.642 bits per heavy atom. The fourth-order valence-electron chi connectivity index (χ4n) is 10.7. The molecular weight excluding hydrogens is 811 g/mol. The van der Waals surface area contributed by atoms with E-state index in [1.807, 2.05) is 0 Å². The quantitative estimate of drug-likeness (QED) is 0.156. The van der Waals surface area contributed by atoms with Crippen LogP contribution in [0.15, 0.2) is 237 Å². The second-order valence-corrected chi connectivity index (χ2v) is 17.8. The van der Waals surface area contributed by atoms with E-state index in [-0.39, 0.29) is 0 Å². The summed E-state index contributed by atoms with van der Waals surface area (Å²) in [6.07, 6.45) is 0. The fraction of sp³-hybridized carbons (Fsp3) is 0. The molecule has 0 atom stereocenters. The molecule has 67 heavy (non-hydrogen) atoms. The molecule has 0 aliphatic carbocycles. The van der Waals surface area contributed by atoms with Gasteiger partial charge < -0.3 is 0 Å². The average molecular weight is 850 g/mol. The zero-order valence-corrected chi connectivity index (χ0v) is 36.4. The highest BCUT2D eigenvalue weighted by molar-refractivity contribution is 6.31. The Morgan fingerprint density at radius 1 is 0.239 bits per heavy atom. The molecule has 0 unspecified atom stereocenters. The Balaban J connectivity index is 0.975. The second kappa shape index (κ2) is 14.8. The number of fused-ring (bicyclic) bond motifs is 4. The highest BCUT2D eigenvalue weighted by atomic mass is 15.3. The molecule has 0 bridgehead atoms. The van der Waals surface area contributed by atoms with E-state index in [0.717, 1.165) is 39.6 Å². The van der Waals surface area contributed by atoms with Crippen molar-refractivity contribution in [1.82, 2.24) is 14.8 Å². The van der Waals surface area contributed by atoms with Gasteiger partial charge in [0.1, 0.15) is 0 Å². The third kappa shape index (κ3) is 6.06. The summed E-state index contributed by atoms with van der Waals surface area (Å²) in [7, 11) is 0. The Labute approximate surface area is 386 Å². The first-order valence-electron chi connectivity index (χ1n) is 23.0. The minimum Gasteiger partial charge on any atom is -0.275 e. The molecule has 1 aromatic heterocycles. The van der Waals surface area contributed by atoms with Gasteiger partial charge in [-0.25, -0.2) is 0 Å². The number of benzene rings is 13. The van der Waals surface area contributed by atoms with E-state index in [4.69, 9.17) is 10.2 Å². The zero-order chi connectivity index (χ0) is 44.0. The van der Waals surface area contributed by atoms with E-state index in [9.17, 15) is 0 Å². The normalized spacial score (nSPS) is 11.9. The van der Waals surface area contributed by atoms with Crippen molar-refractivity contribution in [2.24, 2.45) is 0 Å². The second-order valence-electron chi connectivity index (χ2n) is 17.8. The smallest absolute Gasteiger partial charge is 0.168 e. The Hall–Kier alpha value is -8.92. The lowest BCUT2D eigenvalue weighted by Gasteiger charge is -2.22. The van der Waals surface area contributed by atoms with Crippen LogP contribution >= 0.6 is 0 Å². The van der Waals surface area contributed by atoms with Crippen LogP contribution in [0.2, 0.25) is 0 Å². The molecule has 0 aliphatic heterocycles. The summed E-state index contributed by atoms with van der Waals surface area (Å²) in [6, 6.07) is 86.5. The first kappa shape index (κ1) is 37.5. The van der Waals surface area contributed by atoms with E-state index < -0.39 is 0 Å². The molecule has 0 radical (unpaired) electrons. The van der Waals surface area contributed by atoms with Gasteiger partial charge in [-0.3, -0.25) is 4.57 Å². The lowest BCUT2D eigenvalue weighted by atomic mass is 9.81. The van der Waals surface area contributed by atoms with Gasteiger partial charge in [0.25, 0.3) is 0 Å². The number of rotatable bonds is 6. The van der Waals surface area contributed by atoms with Crippen LogP contribution in [0.25, 0.3) is 137 Å². The van der Waals surface area contributed by atoms with Crippen molar-refractivity contribution in [3.8, 4) is 61.8 Å². The Bertz CT molecular complexity index is 4270. The molecule has 0 spiro atoms. The highest BCUT2D eigenvalue weighted by Crippen LogP contribution is 2.49. The molecule has 14 aromatic rings. The SMILES string of the molecule is c1ccc2cc(-c3c(-c4ccc5ccccc5c4)c4cc(-c5ccc(-c6nnc(-c7ccc8ccccc8c7)n6-c6ccc7ccccc7c6)cc5)cc5ccc6cccc3c6c54)ccc2c1. The molecule has 310 valence electrons. The standard InChI is InChI=1S/C64H39N3/c1-5-14-47-34-51(28-22-40(47)10-1)60-57-19-9-18-45-25-30-53-37-55(39-58(61(53)59(45)57)62(60)52-29-23-41-11-2-6-15-48(41)35-52)44-20-26-46(27-21-44)63-65-66-64(54-31-24-42-12-3-7-16-49(42)36-54)67(63)56-33-32-43-13-4-8-17-50(43)38-56/h1-39H. The summed E-state index contributed by atoms with van der Waals surface area (Å²) in [6.45, 7) is 0. The molecular formula is C64H39N3. The third-order valence-corrected chi connectivity index (χ3v) is 14.0. The van der Waals surface area contributed by atoms with Crippen LogP contribution in [0, 0.1) is 0 Å². The van der Waals surface area contributed by atoms with Crippen LogP contribution in [0.1, 0.15) is 0 Å². The van der Waals surface area contributed by atoms with E-state index in [2.05, 4.69) is 241 Å². The molecule has 0 N–H and O–H groups in total. The van der Waals surface area contributed by atoms with Crippen molar-refractivity contribution < 1.29 is 0 Å². The lowest BCUT2D eigenvalue weighted by Crippen LogP contribution is -2.00. The topological polar surface area (TPSA) is 30.7 Å². The molecule has 1 heterocycles. The van der Waals surface area contributed by atoms with Crippen molar-refractivity contribution >= 4 is 75.4 Å². The summed E-state index contributed by atoms with van der Waals surface area (Å²) < 4.78 is 2.21. The average Bonchev–Trinajstić information content (AvgIpc) is 3.85.